The van der Waals surface area contributed by atoms with Gasteiger partial charge in [-0.25, -0.2) is 0 Å². The Morgan fingerprint density at radius 3 is 2.40 bits per heavy atom. The zero-order valence-electron chi connectivity index (χ0n) is 14.7. The molecule has 0 aliphatic carbocycles. The molecule has 3 aromatic rings. The van der Waals surface area contributed by atoms with Gasteiger partial charge in [-0.15, -0.1) is 10.2 Å². The topological polar surface area (TPSA) is 39.9 Å². The van der Waals surface area contributed by atoms with Crippen LogP contribution < -0.4 is 4.74 Å². The summed E-state index contributed by atoms with van der Waals surface area (Å²) < 4.78 is 7.41. The molecule has 0 radical (unpaired) electrons. The molecule has 0 atom stereocenters. The highest BCUT2D eigenvalue weighted by Gasteiger charge is 2.11. The lowest BCUT2D eigenvalue weighted by Crippen LogP contribution is -2.04. The third-order valence-electron chi connectivity index (χ3n) is 4.10. The molecule has 3 rings (SSSR count). The molecule has 130 valence electrons. The molecule has 0 fully saturated rings. The van der Waals surface area contributed by atoms with Crippen molar-refractivity contribution >= 4 is 11.8 Å². The first-order chi connectivity index (χ1) is 12.3. The number of thioether (sulfide) groups is 1. The van der Waals surface area contributed by atoms with Crippen LogP contribution in [0, 0.1) is 0 Å². The van der Waals surface area contributed by atoms with Gasteiger partial charge in [-0.05, 0) is 36.6 Å². The molecule has 0 amide bonds. The zero-order chi connectivity index (χ0) is 17.5. The number of rotatable bonds is 8. The van der Waals surface area contributed by atoms with E-state index in [0.29, 0.717) is 0 Å². The van der Waals surface area contributed by atoms with E-state index in [0.717, 1.165) is 41.9 Å². The van der Waals surface area contributed by atoms with Crippen LogP contribution in [0.25, 0.3) is 0 Å². The summed E-state index contributed by atoms with van der Waals surface area (Å²) in [4.78, 5) is 0. The van der Waals surface area contributed by atoms with E-state index in [4.69, 9.17) is 4.74 Å². The molecule has 0 N–H and O–H groups in total. The zero-order valence-corrected chi connectivity index (χ0v) is 15.5. The van der Waals surface area contributed by atoms with Crippen molar-refractivity contribution in [1.82, 2.24) is 14.8 Å². The van der Waals surface area contributed by atoms with Crippen molar-refractivity contribution in [3.05, 3.63) is 71.5 Å². The van der Waals surface area contributed by atoms with Crippen LogP contribution in [-0.4, -0.2) is 27.6 Å². The Kier molecular flexibility index (Phi) is 6.12. The minimum Gasteiger partial charge on any atom is -0.497 e. The van der Waals surface area contributed by atoms with Crippen LogP contribution in [0.15, 0.2) is 59.8 Å². The standard InChI is InChI=1S/C20H23N3OS/c1-3-23-19(15-17-7-5-4-6-8-17)21-22-20(23)25-14-13-16-9-11-18(24-2)12-10-16/h4-12H,3,13-15H2,1-2H3. The molecular formula is C20H23N3OS. The second-order valence-corrected chi connectivity index (χ2v) is 6.81. The molecular weight excluding hydrogens is 330 g/mol. The Bertz CT molecular complexity index is 784. The third-order valence-corrected chi connectivity index (χ3v) is 5.06. The van der Waals surface area contributed by atoms with Crippen molar-refractivity contribution in [3.63, 3.8) is 0 Å². The molecule has 1 aromatic heterocycles. The van der Waals surface area contributed by atoms with Crippen molar-refractivity contribution in [2.45, 2.75) is 31.5 Å². The fourth-order valence-electron chi connectivity index (χ4n) is 2.71. The lowest BCUT2D eigenvalue weighted by Gasteiger charge is -2.07. The van der Waals surface area contributed by atoms with Gasteiger partial charge in [-0.1, -0.05) is 54.2 Å². The monoisotopic (exact) mass is 353 g/mol. The fourth-order valence-corrected chi connectivity index (χ4v) is 3.71. The maximum atomic E-state index is 5.20. The van der Waals surface area contributed by atoms with Gasteiger partial charge in [0.2, 0.25) is 0 Å². The van der Waals surface area contributed by atoms with Crippen molar-refractivity contribution < 1.29 is 4.74 Å². The van der Waals surface area contributed by atoms with Gasteiger partial charge in [0.05, 0.1) is 7.11 Å². The summed E-state index contributed by atoms with van der Waals surface area (Å²) in [6.45, 7) is 3.03. The van der Waals surface area contributed by atoms with E-state index < -0.39 is 0 Å². The van der Waals surface area contributed by atoms with Gasteiger partial charge >= 0.3 is 0 Å². The summed E-state index contributed by atoms with van der Waals surface area (Å²) >= 11 is 1.77. The summed E-state index contributed by atoms with van der Waals surface area (Å²) in [7, 11) is 1.69. The van der Waals surface area contributed by atoms with Gasteiger partial charge in [0, 0.05) is 18.7 Å². The van der Waals surface area contributed by atoms with Crippen LogP contribution >= 0.6 is 11.8 Å². The Morgan fingerprint density at radius 1 is 0.960 bits per heavy atom. The largest absolute Gasteiger partial charge is 0.497 e. The summed E-state index contributed by atoms with van der Waals surface area (Å²) in [5.74, 6) is 2.91. The number of methoxy groups -OCH3 is 1. The molecule has 0 aliphatic heterocycles. The van der Waals surface area contributed by atoms with E-state index in [2.05, 4.69) is 58.1 Å². The number of nitrogens with zero attached hydrogens (tertiary/aromatic N) is 3. The van der Waals surface area contributed by atoms with Crippen molar-refractivity contribution in [2.24, 2.45) is 0 Å². The predicted octanol–water partition coefficient (Wildman–Crippen LogP) is 4.23. The molecule has 0 spiro atoms. The number of ether oxygens (including phenoxy) is 1. The first-order valence-electron chi connectivity index (χ1n) is 8.52. The Balaban J connectivity index is 1.60. The third kappa shape index (κ3) is 4.63. The highest BCUT2D eigenvalue weighted by atomic mass is 32.2. The summed E-state index contributed by atoms with van der Waals surface area (Å²) in [5, 5.41) is 9.81. The van der Waals surface area contributed by atoms with Crippen molar-refractivity contribution in [2.75, 3.05) is 12.9 Å². The first-order valence-corrected chi connectivity index (χ1v) is 9.50. The molecule has 1 heterocycles. The Hall–Kier alpha value is -2.27. The highest BCUT2D eigenvalue weighted by molar-refractivity contribution is 7.99. The molecule has 25 heavy (non-hydrogen) atoms. The smallest absolute Gasteiger partial charge is 0.191 e. The lowest BCUT2D eigenvalue weighted by molar-refractivity contribution is 0.414. The first kappa shape index (κ1) is 17.5. The van der Waals surface area contributed by atoms with Gasteiger partial charge < -0.3 is 9.30 Å². The van der Waals surface area contributed by atoms with Crippen LogP contribution in [-0.2, 0) is 19.4 Å². The van der Waals surface area contributed by atoms with E-state index in [-0.39, 0.29) is 0 Å². The van der Waals surface area contributed by atoms with Crippen molar-refractivity contribution in [3.8, 4) is 5.75 Å². The van der Waals surface area contributed by atoms with E-state index in [1.165, 1.54) is 11.1 Å². The van der Waals surface area contributed by atoms with Crippen LogP contribution in [0.1, 0.15) is 23.9 Å². The van der Waals surface area contributed by atoms with E-state index >= 15 is 0 Å². The van der Waals surface area contributed by atoms with E-state index in [1.807, 2.05) is 18.2 Å². The van der Waals surface area contributed by atoms with Crippen LogP contribution in [0.3, 0.4) is 0 Å². The maximum absolute atomic E-state index is 5.20. The SMILES string of the molecule is CCn1c(Cc2ccccc2)nnc1SCCc1ccc(OC)cc1. The predicted molar refractivity (Wildman–Crippen MR) is 102 cm³/mol. The van der Waals surface area contributed by atoms with Gasteiger partial charge in [0.1, 0.15) is 11.6 Å². The molecule has 0 saturated heterocycles. The van der Waals surface area contributed by atoms with Gasteiger partial charge in [-0.2, -0.15) is 0 Å². The summed E-state index contributed by atoms with van der Waals surface area (Å²) in [6, 6.07) is 18.7. The quantitative estimate of drug-likeness (QED) is 0.568. The minimum atomic E-state index is 0.820. The second kappa shape index (κ2) is 8.72. The number of aromatic nitrogens is 3. The van der Waals surface area contributed by atoms with Crippen LogP contribution in [0.4, 0.5) is 0 Å². The molecule has 0 saturated carbocycles. The highest BCUT2D eigenvalue weighted by Crippen LogP contribution is 2.21. The lowest BCUT2D eigenvalue weighted by atomic mass is 10.1. The van der Waals surface area contributed by atoms with Gasteiger partial charge in [-0.3, -0.25) is 0 Å². The number of benzene rings is 2. The van der Waals surface area contributed by atoms with E-state index in [1.54, 1.807) is 18.9 Å². The van der Waals surface area contributed by atoms with Crippen molar-refractivity contribution in [1.29, 1.82) is 0 Å². The number of hydrogen-bond acceptors (Lipinski definition) is 4. The average Bonchev–Trinajstić information content (AvgIpc) is 3.04. The molecule has 5 heteroatoms. The molecule has 0 unspecified atom stereocenters. The molecule has 4 nitrogen and oxygen atoms in total. The molecule has 0 bridgehead atoms. The Morgan fingerprint density at radius 2 is 1.72 bits per heavy atom. The summed E-state index contributed by atoms with van der Waals surface area (Å²) in [5.41, 5.74) is 2.57. The van der Waals surface area contributed by atoms with Crippen LogP contribution in [0.5, 0.6) is 5.75 Å². The molecule has 0 aliphatic rings. The van der Waals surface area contributed by atoms with Gasteiger partial charge in [0.15, 0.2) is 5.16 Å². The number of hydrogen-bond donors (Lipinski definition) is 0. The maximum Gasteiger partial charge on any atom is 0.191 e. The normalized spacial score (nSPS) is 10.8. The minimum absolute atomic E-state index is 0.820. The average molecular weight is 353 g/mol. The fraction of sp³-hybridized carbons (Fsp3) is 0.300. The molecule has 2 aromatic carbocycles. The second-order valence-electron chi connectivity index (χ2n) is 5.75. The number of aryl methyl sites for hydroxylation is 1. The van der Waals surface area contributed by atoms with Crippen LogP contribution in [0.2, 0.25) is 0 Å². The summed E-state index contributed by atoms with van der Waals surface area (Å²) in [6.07, 6.45) is 1.82. The van der Waals surface area contributed by atoms with Gasteiger partial charge in [0.25, 0.3) is 0 Å². The van der Waals surface area contributed by atoms with E-state index in [9.17, 15) is 0 Å². The Labute approximate surface area is 153 Å².